The van der Waals surface area contributed by atoms with E-state index in [-0.39, 0.29) is 33.8 Å². The molecule has 1 atom stereocenters. The van der Waals surface area contributed by atoms with Crippen LogP contribution >= 0.6 is 11.3 Å². The standard InChI is InChI=1S/C26H33N3O5S2/c1-6-29(7-2)14-18(5)34-26(31)21-13-20(25(30)28-24(21)17(3)4)22-15-35-23(27-22)16-36(32,33)19-11-9-8-10-12-19/h8-13,15,17-18H,6-7,14,16H2,1-5H3,(H,28,30). The number of pyridine rings is 1. The lowest BCUT2D eigenvalue weighted by molar-refractivity contribution is 0.0258. The normalized spacial score (nSPS) is 12.8. The zero-order chi connectivity index (χ0) is 26.5. The summed E-state index contributed by atoms with van der Waals surface area (Å²) in [6, 6.07) is 9.67. The van der Waals surface area contributed by atoms with Crippen molar-refractivity contribution in [2.24, 2.45) is 0 Å². The van der Waals surface area contributed by atoms with Crippen molar-refractivity contribution in [1.29, 1.82) is 0 Å². The first-order valence-corrected chi connectivity index (χ1v) is 14.5. The van der Waals surface area contributed by atoms with Crippen LogP contribution in [0.2, 0.25) is 0 Å². The number of likely N-dealkylation sites (N-methyl/N-ethyl adjacent to an activating group) is 1. The summed E-state index contributed by atoms with van der Waals surface area (Å²) < 4.78 is 31.2. The lowest BCUT2D eigenvalue weighted by Crippen LogP contribution is -2.33. The molecule has 0 aliphatic heterocycles. The first-order valence-electron chi connectivity index (χ1n) is 12.0. The van der Waals surface area contributed by atoms with Crippen molar-refractivity contribution >= 4 is 27.1 Å². The number of rotatable bonds is 11. The van der Waals surface area contributed by atoms with Gasteiger partial charge in [0.1, 0.15) is 16.9 Å². The van der Waals surface area contributed by atoms with E-state index < -0.39 is 21.4 Å². The van der Waals surface area contributed by atoms with Crippen molar-refractivity contribution in [1.82, 2.24) is 14.9 Å². The van der Waals surface area contributed by atoms with Gasteiger partial charge in [0.15, 0.2) is 9.84 Å². The van der Waals surface area contributed by atoms with Gasteiger partial charge in [0, 0.05) is 17.6 Å². The molecule has 1 unspecified atom stereocenters. The molecule has 0 aliphatic rings. The Morgan fingerprint density at radius 2 is 1.81 bits per heavy atom. The Labute approximate surface area is 216 Å². The van der Waals surface area contributed by atoms with Crippen LogP contribution in [0.1, 0.15) is 61.6 Å². The summed E-state index contributed by atoms with van der Waals surface area (Å²) in [4.78, 5) is 35.6. The van der Waals surface area contributed by atoms with Crippen molar-refractivity contribution in [3.63, 3.8) is 0 Å². The van der Waals surface area contributed by atoms with Crippen LogP contribution in [0.4, 0.5) is 0 Å². The molecule has 0 amide bonds. The van der Waals surface area contributed by atoms with E-state index in [1.54, 1.807) is 35.7 Å². The van der Waals surface area contributed by atoms with Crippen LogP contribution in [0.15, 0.2) is 51.5 Å². The number of carbonyl (C=O) groups excluding carboxylic acids is 1. The van der Waals surface area contributed by atoms with Gasteiger partial charge in [-0.2, -0.15) is 0 Å². The third-order valence-electron chi connectivity index (χ3n) is 5.83. The summed E-state index contributed by atoms with van der Waals surface area (Å²) in [7, 11) is -3.58. The van der Waals surface area contributed by atoms with Gasteiger partial charge in [-0.3, -0.25) is 4.79 Å². The van der Waals surface area contributed by atoms with E-state index in [1.807, 2.05) is 20.8 Å². The topological polar surface area (TPSA) is 109 Å². The molecule has 2 aromatic heterocycles. The van der Waals surface area contributed by atoms with Crippen LogP contribution in [0.3, 0.4) is 0 Å². The predicted octanol–water partition coefficient (Wildman–Crippen LogP) is 4.48. The minimum absolute atomic E-state index is 0.116. The van der Waals surface area contributed by atoms with E-state index in [4.69, 9.17) is 4.74 Å². The van der Waals surface area contributed by atoms with Crippen LogP contribution in [-0.4, -0.2) is 55.0 Å². The van der Waals surface area contributed by atoms with E-state index in [9.17, 15) is 18.0 Å². The number of esters is 1. The Morgan fingerprint density at radius 3 is 2.42 bits per heavy atom. The Morgan fingerprint density at radius 1 is 1.14 bits per heavy atom. The quantitative estimate of drug-likeness (QED) is 0.363. The molecule has 36 heavy (non-hydrogen) atoms. The number of ether oxygens (including phenoxy) is 1. The molecule has 0 radical (unpaired) electrons. The van der Waals surface area contributed by atoms with Crippen molar-refractivity contribution in [2.45, 2.75) is 57.3 Å². The Kier molecular flexibility index (Phi) is 9.21. The second-order valence-electron chi connectivity index (χ2n) is 8.89. The highest BCUT2D eigenvalue weighted by Gasteiger charge is 2.23. The van der Waals surface area contributed by atoms with Crippen LogP contribution in [0.25, 0.3) is 11.3 Å². The number of nitrogens with zero attached hydrogens (tertiary/aromatic N) is 2. The lowest BCUT2D eigenvalue weighted by atomic mass is 10.0. The van der Waals surface area contributed by atoms with Crippen molar-refractivity contribution in [2.75, 3.05) is 19.6 Å². The highest BCUT2D eigenvalue weighted by atomic mass is 32.2. The molecule has 194 valence electrons. The number of thiazole rings is 1. The highest BCUT2D eigenvalue weighted by Crippen LogP contribution is 2.26. The number of nitrogens with one attached hydrogen (secondary N) is 1. The molecule has 0 aliphatic carbocycles. The summed E-state index contributed by atoms with van der Waals surface area (Å²) >= 11 is 1.16. The van der Waals surface area contributed by atoms with Gasteiger partial charge in [0.25, 0.3) is 5.56 Å². The smallest absolute Gasteiger partial charge is 0.340 e. The van der Waals surface area contributed by atoms with Gasteiger partial charge in [0.05, 0.1) is 21.7 Å². The van der Waals surface area contributed by atoms with Gasteiger partial charge in [-0.05, 0) is 44.1 Å². The number of benzene rings is 1. The van der Waals surface area contributed by atoms with Crippen LogP contribution < -0.4 is 5.56 Å². The van der Waals surface area contributed by atoms with E-state index in [0.29, 0.717) is 22.9 Å². The molecule has 1 N–H and O–H groups in total. The largest absolute Gasteiger partial charge is 0.458 e. The van der Waals surface area contributed by atoms with Crippen LogP contribution in [0, 0.1) is 0 Å². The summed E-state index contributed by atoms with van der Waals surface area (Å²) in [5, 5.41) is 1.99. The van der Waals surface area contributed by atoms with E-state index in [2.05, 4.69) is 28.7 Å². The monoisotopic (exact) mass is 531 g/mol. The molecule has 1 aromatic carbocycles. The molecule has 0 fully saturated rings. The van der Waals surface area contributed by atoms with Crippen LogP contribution in [-0.2, 0) is 20.3 Å². The molecule has 0 saturated heterocycles. The molecule has 3 rings (SSSR count). The van der Waals surface area contributed by atoms with Crippen molar-refractivity contribution < 1.29 is 17.9 Å². The predicted molar refractivity (Wildman–Crippen MR) is 142 cm³/mol. The fourth-order valence-electron chi connectivity index (χ4n) is 3.86. The van der Waals surface area contributed by atoms with E-state index in [1.165, 1.54) is 6.07 Å². The zero-order valence-corrected chi connectivity index (χ0v) is 22.9. The fraction of sp³-hybridized carbons (Fsp3) is 0.423. The minimum Gasteiger partial charge on any atom is -0.458 e. The SMILES string of the molecule is CCN(CC)CC(C)OC(=O)c1cc(-c2csc(CS(=O)(=O)c3ccccc3)n2)c(=O)[nH]c1C(C)C. The second kappa shape index (κ2) is 11.9. The number of hydrogen-bond acceptors (Lipinski definition) is 8. The van der Waals surface area contributed by atoms with E-state index in [0.717, 1.165) is 24.4 Å². The van der Waals surface area contributed by atoms with E-state index >= 15 is 0 Å². The minimum atomic E-state index is -3.58. The van der Waals surface area contributed by atoms with Crippen LogP contribution in [0.5, 0.6) is 0 Å². The number of H-pyrrole nitrogens is 1. The van der Waals surface area contributed by atoms with Gasteiger partial charge >= 0.3 is 5.97 Å². The molecular weight excluding hydrogens is 498 g/mol. The molecule has 8 nitrogen and oxygen atoms in total. The maximum Gasteiger partial charge on any atom is 0.340 e. The van der Waals surface area contributed by atoms with Gasteiger partial charge in [0.2, 0.25) is 0 Å². The third-order valence-corrected chi connectivity index (χ3v) is 8.51. The van der Waals surface area contributed by atoms with Crippen molar-refractivity contribution in [3.05, 3.63) is 68.4 Å². The summed E-state index contributed by atoms with van der Waals surface area (Å²) in [5.41, 5.74) is 0.889. The van der Waals surface area contributed by atoms with Gasteiger partial charge in [-0.15, -0.1) is 11.3 Å². The molecule has 10 heteroatoms. The number of aromatic amines is 1. The molecule has 2 heterocycles. The maximum atomic E-state index is 13.1. The third kappa shape index (κ3) is 6.68. The zero-order valence-electron chi connectivity index (χ0n) is 21.3. The average Bonchev–Trinajstić information content (AvgIpc) is 3.30. The summed E-state index contributed by atoms with van der Waals surface area (Å²) in [5.74, 6) is -0.908. The number of hydrogen-bond donors (Lipinski definition) is 1. The number of carbonyl (C=O) groups is 1. The molecule has 0 spiro atoms. The summed E-state index contributed by atoms with van der Waals surface area (Å²) in [6.45, 7) is 12.0. The lowest BCUT2D eigenvalue weighted by Gasteiger charge is -2.23. The van der Waals surface area contributed by atoms with Gasteiger partial charge in [-0.25, -0.2) is 18.2 Å². The Hall–Kier alpha value is -2.82. The number of sulfone groups is 1. The molecular formula is C26H33N3O5S2. The van der Waals surface area contributed by atoms with Crippen molar-refractivity contribution in [3.8, 4) is 11.3 Å². The maximum absolute atomic E-state index is 13.1. The molecule has 3 aromatic rings. The first kappa shape index (κ1) is 27.8. The summed E-state index contributed by atoms with van der Waals surface area (Å²) in [6.07, 6.45) is -0.332. The molecule has 0 bridgehead atoms. The van der Waals surface area contributed by atoms with Gasteiger partial charge in [-0.1, -0.05) is 45.9 Å². The average molecular weight is 532 g/mol. The number of aromatic nitrogens is 2. The Bertz CT molecular complexity index is 1340. The van der Waals surface area contributed by atoms with Gasteiger partial charge < -0.3 is 14.6 Å². The fourth-order valence-corrected chi connectivity index (χ4v) is 6.31. The highest BCUT2D eigenvalue weighted by molar-refractivity contribution is 7.90. The first-order chi connectivity index (χ1) is 17.1. The second-order valence-corrected chi connectivity index (χ2v) is 11.8. The molecule has 0 saturated carbocycles. The Balaban J connectivity index is 1.90.